The van der Waals surface area contributed by atoms with Crippen LogP contribution in [0.25, 0.3) is 10.8 Å². The second-order valence-electron chi connectivity index (χ2n) is 5.74. The first-order valence-corrected chi connectivity index (χ1v) is 9.24. The van der Waals surface area contributed by atoms with E-state index in [0.29, 0.717) is 6.61 Å². The Balaban J connectivity index is 2.16. The second-order valence-corrected chi connectivity index (χ2v) is 6.54. The van der Waals surface area contributed by atoms with Crippen molar-refractivity contribution in [2.45, 2.75) is 39.2 Å². The zero-order chi connectivity index (χ0) is 16.7. The summed E-state index contributed by atoms with van der Waals surface area (Å²) < 4.78 is 17.2. The quantitative estimate of drug-likeness (QED) is 0.419. The van der Waals surface area contributed by atoms with Gasteiger partial charge in [-0.15, -0.1) is 0 Å². The predicted molar refractivity (Wildman–Crippen MR) is 99.4 cm³/mol. The van der Waals surface area contributed by atoms with Crippen LogP contribution in [0.5, 0.6) is 17.2 Å². The zero-order valence-electron chi connectivity index (χ0n) is 14.1. The molecule has 2 aromatic carbocycles. The summed E-state index contributed by atoms with van der Waals surface area (Å²) >= 11 is 3.45. The Morgan fingerprint density at radius 1 is 1.04 bits per heavy atom. The summed E-state index contributed by atoms with van der Waals surface area (Å²) in [6.07, 6.45) is 3.55. The van der Waals surface area contributed by atoms with Crippen LogP contribution in [-0.2, 0) is 0 Å². The van der Waals surface area contributed by atoms with Gasteiger partial charge in [0.15, 0.2) is 11.5 Å². The Labute approximate surface area is 147 Å². The Hall–Kier alpha value is -1.42. The third-order valence-corrected chi connectivity index (χ3v) is 4.08. The first kappa shape index (κ1) is 17.9. The summed E-state index contributed by atoms with van der Waals surface area (Å²) in [5.41, 5.74) is 0. The van der Waals surface area contributed by atoms with E-state index in [0.717, 1.165) is 46.2 Å². The lowest BCUT2D eigenvalue weighted by molar-refractivity contribution is 0.242. The molecule has 0 fully saturated rings. The van der Waals surface area contributed by atoms with Crippen LogP contribution in [-0.4, -0.2) is 25.2 Å². The summed E-state index contributed by atoms with van der Waals surface area (Å²) in [5.74, 6) is 2.47. The standard InChI is InChI=1S/C19H25BrO3/c1-14(2)23-16-8-9-17-15(13-16)7-10-18(19(17)21-3)22-12-6-4-5-11-20/h7-10,13-14H,4-6,11-12H2,1-3H3. The summed E-state index contributed by atoms with van der Waals surface area (Å²) in [7, 11) is 1.69. The molecular weight excluding hydrogens is 356 g/mol. The molecule has 0 aliphatic rings. The van der Waals surface area contributed by atoms with Crippen molar-refractivity contribution in [3.05, 3.63) is 30.3 Å². The number of rotatable bonds is 9. The lowest BCUT2D eigenvalue weighted by atomic mass is 10.1. The van der Waals surface area contributed by atoms with Crippen LogP contribution >= 0.6 is 15.9 Å². The van der Waals surface area contributed by atoms with Crippen LogP contribution in [0, 0.1) is 0 Å². The smallest absolute Gasteiger partial charge is 0.168 e. The van der Waals surface area contributed by atoms with Gasteiger partial charge >= 0.3 is 0 Å². The highest BCUT2D eigenvalue weighted by Crippen LogP contribution is 2.37. The van der Waals surface area contributed by atoms with E-state index in [2.05, 4.69) is 22.0 Å². The van der Waals surface area contributed by atoms with E-state index in [-0.39, 0.29) is 6.10 Å². The third-order valence-electron chi connectivity index (χ3n) is 3.52. The van der Waals surface area contributed by atoms with Gasteiger partial charge in [-0.3, -0.25) is 0 Å². The molecule has 3 nitrogen and oxygen atoms in total. The number of benzene rings is 2. The van der Waals surface area contributed by atoms with Gasteiger partial charge in [0.05, 0.1) is 19.8 Å². The minimum Gasteiger partial charge on any atom is -0.492 e. The first-order chi connectivity index (χ1) is 11.2. The molecule has 4 heteroatoms. The molecule has 126 valence electrons. The molecule has 23 heavy (non-hydrogen) atoms. The number of alkyl halides is 1. The SMILES string of the molecule is COc1c(OCCCCCBr)ccc2cc(OC(C)C)ccc12. The van der Waals surface area contributed by atoms with Crippen molar-refractivity contribution in [2.24, 2.45) is 0 Å². The molecule has 2 aromatic rings. The van der Waals surface area contributed by atoms with Gasteiger partial charge < -0.3 is 14.2 Å². The number of hydrogen-bond acceptors (Lipinski definition) is 3. The fourth-order valence-electron chi connectivity index (χ4n) is 2.48. The Kier molecular flexibility index (Phi) is 7.03. The largest absolute Gasteiger partial charge is 0.492 e. The highest BCUT2D eigenvalue weighted by atomic mass is 79.9. The van der Waals surface area contributed by atoms with E-state index in [4.69, 9.17) is 14.2 Å². The maximum absolute atomic E-state index is 5.91. The molecule has 0 unspecified atom stereocenters. The van der Waals surface area contributed by atoms with Crippen molar-refractivity contribution in [1.29, 1.82) is 0 Å². The zero-order valence-corrected chi connectivity index (χ0v) is 15.7. The van der Waals surface area contributed by atoms with Gasteiger partial charge in [-0.1, -0.05) is 22.0 Å². The van der Waals surface area contributed by atoms with E-state index < -0.39 is 0 Å². The molecule has 0 bridgehead atoms. The number of hydrogen-bond donors (Lipinski definition) is 0. The molecular formula is C19H25BrO3. The highest BCUT2D eigenvalue weighted by Gasteiger charge is 2.10. The van der Waals surface area contributed by atoms with E-state index in [1.54, 1.807) is 7.11 Å². The van der Waals surface area contributed by atoms with Crippen LogP contribution in [0.1, 0.15) is 33.1 Å². The molecule has 0 aliphatic heterocycles. The van der Waals surface area contributed by atoms with Crippen molar-refractivity contribution in [3.63, 3.8) is 0 Å². The van der Waals surface area contributed by atoms with Crippen LogP contribution in [0.2, 0.25) is 0 Å². The van der Waals surface area contributed by atoms with Gasteiger partial charge in [-0.2, -0.15) is 0 Å². The maximum Gasteiger partial charge on any atom is 0.168 e. The summed E-state index contributed by atoms with van der Waals surface area (Å²) in [4.78, 5) is 0. The molecule has 0 radical (unpaired) electrons. The number of halogens is 1. The van der Waals surface area contributed by atoms with E-state index in [1.165, 1.54) is 6.42 Å². The van der Waals surface area contributed by atoms with Gasteiger partial charge in [0.25, 0.3) is 0 Å². The summed E-state index contributed by atoms with van der Waals surface area (Å²) in [6.45, 7) is 4.76. The molecule has 0 atom stereocenters. The molecule has 0 aliphatic carbocycles. The van der Waals surface area contributed by atoms with E-state index in [1.807, 2.05) is 38.1 Å². The van der Waals surface area contributed by atoms with Crippen LogP contribution in [0.3, 0.4) is 0 Å². The summed E-state index contributed by atoms with van der Waals surface area (Å²) in [6, 6.07) is 10.1. The number of fused-ring (bicyclic) bond motifs is 1. The van der Waals surface area contributed by atoms with Gasteiger partial charge in [0, 0.05) is 10.7 Å². The highest BCUT2D eigenvalue weighted by molar-refractivity contribution is 9.09. The molecule has 0 spiro atoms. The monoisotopic (exact) mass is 380 g/mol. The summed E-state index contributed by atoms with van der Waals surface area (Å²) in [5, 5.41) is 3.18. The molecule has 0 aromatic heterocycles. The fourth-order valence-corrected chi connectivity index (χ4v) is 2.88. The minimum atomic E-state index is 0.163. The van der Waals surface area contributed by atoms with Crippen molar-refractivity contribution in [3.8, 4) is 17.2 Å². The van der Waals surface area contributed by atoms with Gasteiger partial charge in [-0.05, 0) is 62.8 Å². The Bertz CT molecular complexity index is 625. The lowest BCUT2D eigenvalue weighted by Crippen LogP contribution is -2.05. The normalized spacial score (nSPS) is 11.0. The molecule has 0 amide bonds. The van der Waals surface area contributed by atoms with Crippen molar-refractivity contribution in [1.82, 2.24) is 0 Å². The molecule has 0 saturated carbocycles. The van der Waals surface area contributed by atoms with Crippen LogP contribution in [0.15, 0.2) is 30.3 Å². The van der Waals surface area contributed by atoms with E-state index in [9.17, 15) is 0 Å². The third kappa shape index (κ3) is 5.03. The van der Waals surface area contributed by atoms with Gasteiger partial charge in [0.2, 0.25) is 0 Å². The van der Waals surface area contributed by atoms with Gasteiger partial charge in [-0.25, -0.2) is 0 Å². The van der Waals surface area contributed by atoms with Crippen molar-refractivity contribution in [2.75, 3.05) is 19.0 Å². The first-order valence-electron chi connectivity index (χ1n) is 8.12. The number of unbranched alkanes of at least 4 members (excludes halogenated alkanes) is 2. The minimum absolute atomic E-state index is 0.163. The topological polar surface area (TPSA) is 27.7 Å². The van der Waals surface area contributed by atoms with Gasteiger partial charge in [0.1, 0.15) is 5.75 Å². The van der Waals surface area contributed by atoms with Crippen LogP contribution in [0.4, 0.5) is 0 Å². The number of methoxy groups -OCH3 is 1. The second kappa shape index (κ2) is 9.02. The fraction of sp³-hybridized carbons (Fsp3) is 0.474. The molecule has 0 N–H and O–H groups in total. The van der Waals surface area contributed by atoms with Crippen LogP contribution < -0.4 is 14.2 Å². The van der Waals surface area contributed by atoms with E-state index >= 15 is 0 Å². The van der Waals surface area contributed by atoms with Crippen molar-refractivity contribution < 1.29 is 14.2 Å². The number of ether oxygens (including phenoxy) is 3. The maximum atomic E-state index is 5.91. The van der Waals surface area contributed by atoms with Crippen molar-refractivity contribution >= 4 is 26.7 Å². The molecule has 2 rings (SSSR count). The predicted octanol–water partition coefficient (Wildman–Crippen LogP) is 5.58. The lowest BCUT2D eigenvalue weighted by Gasteiger charge is -2.15. The Morgan fingerprint density at radius 3 is 2.57 bits per heavy atom. The molecule has 0 saturated heterocycles. The average Bonchev–Trinajstić information content (AvgIpc) is 2.53. The average molecular weight is 381 g/mol. The Morgan fingerprint density at radius 2 is 1.87 bits per heavy atom. The molecule has 0 heterocycles.